The molecule has 1 heterocycles. The van der Waals surface area contributed by atoms with Gasteiger partial charge in [0.2, 0.25) is 0 Å². The van der Waals surface area contributed by atoms with Crippen LogP contribution in [0, 0.1) is 29.8 Å². The average Bonchev–Trinajstić information content (AvgIpc) is 2.46. The number of alkyl halides is 2. The number of hydrogen-bond acceptors (Lipinski definition) is 1. The molecule has 0 saturated carbocycles. The van der Waals surface area contributed by atoms with Crippen molar-refractivity contribution in [1.82, 2.24) is 4.90 Å². The molecule has 0 spiro atoms. The summed E-state index contributed by atoms with van der Waals surface area (Å²) in [6.45, 7) is 2.86. The van der Waals surface area contributed by atoms with Gasteiger partial charge in [0, 0.05) is 22.5 Å². The third-order valence-electron chi connectivity index (χ3n) is 3.09. The van der Waals surface area contributed by atoms with Crippen molar-refractivity contribution < 1.29 is 22.0 Å². The SMILES string of the molecule is C#CC1=CC=C(c2cc(F)c(F)c(F)c2)N(CC(F)F)C1=C. The topological polar surface area (TPSA) is 3.24 Å². The number of benzene rings is 1. The molecule has 0 atom stereocenters. The van der Waals surface area contributed by atoms with Crippen LogP contribution in [0.4, 0.5) is 22.0 Å². The number of rotatable bonds is 3. The van der Waals surface area contributed by atoms with Gasteiger partial charge in [-0.25, -0.2) is 22.0 Å². The molecule has 22 heavy (non-hydrogen) atoms. The summed E-state index contributed by atoms with van der Waals surface area (Å²) in [5.41, 5.74) is 0.338. The molecule has 0 saturated heterocycles. The lowest BCUT2D eigenvalue weighted by Gasteiger charge is -2.31. The summed E-state index contributed by atoms with van der Waals surface area (Å²) in [6.07, 6.45) is 5.26. The number of hydrogen-bond donors (Lipinski definition) is 0. The van der Waals surface area contributed by atoms with E-state index in [9.17, 15) is 22.0 Å². The van der Waals surface area contributed by atoms with Gasteiger partial charge in [0.1, 0.15) is 0 Å². The molecular formula is C16H10F5N. The van der Waals surface area contributed by atoms with Crippen LogP contribution in [0.3, 0.4) is 0 Å². The third-order valence-corrected chi connectivity index (χ3v) is 3.09. The van der Waals surface area contributed by atoms with E-state index in [-0.39, 0.29) is 22.5 Å². The largest absolute Gasteiger partial charge is 0.335 e. The predicted molar refractivity (Wildman–Crippen MR) is 73.1 cm³/mol. The Labute approximate surface area is 124 Å². The van der Waals surface area contributed by atoms with Crippen LogP contribution in [0.15, 0.2) is 42.1 Å². The van der Waals surface area contributed by atoms with Crippen LogP contribution in [0.2, 0.25) is 0 Å². The molecule has 0 unspecified atom stereocenters. The molecule has 0 bridgehead atoms. The Morgan fingerprint density at radius 3 is 2.23 bits per heavy atom. The third kappa shape index (κ3) is 2.89. The molecular weight excluding hydrogens is 301 g/mol. The fourth-order valence-corrected chi connectivity index (χ4v) is 2.07. The Morgan fingerprint density at radius 1 is 1.14 bits per heavy atom. The van der Waals surface area contributed by atoms with E-state index in [0.717, 1.165) is 17.0 Å². The minimum atomic E-state index is -2.73. The molecule has 114 valence electrons. The number of terminal acetylenes is 1. The van der Waals surface area contributed by atoms with Gasteiger partial charge in [-0.3, -0.25) is 0 Å². The highest BCUT2D eigenvalue weighted by atomic mass is 19.3. The highest BCUT2D eigenvalue weighted by Gasteiger charge is 2.25. The van der Waals surface area contributed by atoms with Crippen molar-refractivity contribution >= 4 is 5.70 Å². The van der Waals surface area contributed by atoms with E-state index in [0.29, 0.717) is 0 Å². The van der Waals surface area contributed by atoms with Crippen LogP contribution in [-0.2, 0) is 0 Å². The van der Waals surface area contributed by atoms with Crippen molar-refractivity contribution in [1.29, 1.82) is 0 Å². The first-order chi connectivity index (χ1) is 10.3. The summed E-state index contributed by atoms with van der Waals surface area (Å²) in [4.78, 5) is 1.05. The van der Waals surface area contributed by atoms with Crippen LogP contribution < -0.4 is 0 Å². The fraction of sp³-hybridized carbons (Fsp3) is 0.125. The second-order valence-electron chi connectivity index (χ2n) is 4.48. The Balaban J connectivity index is 2.55. The molecule has 0 aromatic heterocycles. The monoisotopic (exact) mass is 311 g/mol. The van der Waals surface area contributed by atoms with Crippen LogP contribution in [0.1, 0.15) is 5.56 Å². The van der Waals surface area contributed by atoms with Gasteiger partial charge in [-0.15, -0.1) is 6.42 Å². The molecule has 0 fully saturated rings. The van der Waals surface area contributed by atoms with Gasteiger partial charge >= 0.3 is 0 Å². The van der Waals surface area contributed by atoms with Gasteiger partial charge in [0.05, 0.1) is 6.54 Å². The molecule has 0 N–H and O–H groups in total. The standard InChI is InChI=1S/C16H10F5N/c1-3-10-4-5-14(22(9(10)2)8-15(19)20)11-6-12(17)16(21)13(18)7-11/h1,4-7,15H,2,8H2. The summed E-state index contributed by atoms with van der Waals surface area (Å²) < 4.78 is 65.2. The van der Waals surface area contributed by atoms with Gasteiger partial charge in [-0.05, 0) is 24.3 Å². The lowest BCUT2D eigenvalue weighted by atomic mass is 10.0. The van der Waals surface area contributed by atoms with E-state index < -0.39 is 30.4 Å². The van der Waals surface area contributed by atoms with E-state index in [2.05, 4.69) is 12.5 Å². The first-order valence-electron chi connectivity index (χ1n) is 6.13. The van der Waals surface area contributed by atoms with Crippen LogP contribution in [-0.4, -0.2) is 17.9 Å². The van der Waals surface area contributed by atoms with Crippen molar-refractivity contribution in [3.05, 3.63) is 65.1 Å². The van der Waals surface area contributed by atoms with Gasteiger partial charge in [0.15, 0.2) is 17.5 Å². The second-order valence-corrected chi connectivity index (χ2v) is 4.48. The zero-order valence-corrected chi connectivity index (χ0v) is 11.2. The second kappa shape index (κ2) is 6.06. The van der Waals surface area contributed by atoms with Gasteiger partial charge in [-0.1, -0.05) is 12.5 Å². The molecule has 0 radical (unpaired) electrons. The van der Waals surface area contributed by atoms with E-state index in [1.54, 1.807) is 0 Å². The van der Waals surface area contributed by atoms with Crippen molar-refractivity contribution in [3.8, 4) is 12.3 Å². The highest BCUT2D eigenvalue weighted by Crippen LogP contribution is 2.32. The Hall–Kier alpha value is -2.55. The van der Waals surface area contributed by atoms with E-state index in [4.69, 9.17) is 6.42 Å². The summed E-state index contributed by atoms with van der Waals surface area (Å²) >= 11 is 0. The van der Waals surface area contributed by atoms with Crippen LogP contribution >= 0.6 is 0 Å². The molecule has 0 aliphatic carbocycles. The number of halogens is 5. The minimum absolute atomic E-state index is 0.0575. The Morgan fingerprint density at radius 2 is 1.73 bits per heavy atom. The summed E-state index contributed by atoms with van der Waals surface area (Å²) in [6, 6.07) is 1.45. The molecule has 1 nitrogen and oxygen atoms in total. The van der Waals surface area contributed by atoms with Gasteiger partial charge in [-0.2, -0.15) is 0 Å². The smallest absolute Gasteiger partial charge is 0.256 e. The molecule has 1 aromatic carbocycles. The molecule has 2 rings (SSSR count). The summed E-state index contributed by atoms with van der Waals surface area (Å²) in [7, 11) is 0. The van der Waals surface area contributed by atoms with Crippen molar-refractivity contribution in [2.75, 3.05) is 6.54 Å². The lowest BCUT2D eigenvalue weighted by Crippen LogP contribution is -2.29. The summed E-state index contributed by atoms with van der Waals surface area (Å²) in [5.74, 6) is -2.17. The molecule has 1 aromatic rings. The van der Waals surface area contributed by atoms with Gasteiger partial charge in [0.25, 0.3) is 6.43 Å². The zero-order chi connectivity index (χ0) is 16.4. The maximum atomic E-state index is 13.3. The molecule has 1 aliphatic heterocycles. The van der Waals surface area contributed by atoms with E-state index >= 15 is 0 Å². The van der Waals surface area contributed by atoms with Crippen molar-refractivity contribution in [2.45, 2.75) is 6.43 Å². The van der Waals surface area contributed by atoms with Crippen LogP contribution in [0.25, 0.3) is 5.70 Å². The molecule has 0 amide bonds. The Kier molecular flexibility index (Phi) is 4.36. The highest BCUT2D eigenvalue weighted by molar-refractivity contribution is 5.72. The zero-order valence-electron chi connectivity index (χ0n) is 11.2. The van der Waals surface area contributed by atoms with E-state index in [1.165, 1.54) is 12.2 Å². The fourth-order valence-electron chi connectivity index (χ4n) is 2.07. The quantitative estimate of drug-likeness (QED) is 0.461. The minimum Gasteiger partial charge on any atom is -0.335 e. The first-order valence-corrected chi connectivity index (χ1v) is 6.13. The average molecular weight is 311 g/mol. The maximum Gasteiger partial charge on any atom is 0.256 e. The number of nitrogens with zero attached hydrogens (tertiary/aromatic N) is 1. The Bertz CT molecular complexity index is 702. The van der Waals surface area contributed by atoms with Crippen molar-refractivity contribution in [3.63, 3.8) is 0 Å². The molecule has 6 heteroatoms. The molecule has 1 aliphatic rings. The van der Waals surface area contributed by atoms with E-state index in [1.807, 2.05) is 0 Å². The normalized spacial score (nSPS) is 14.8. The summed E-state index contributed by atoms with van der Waals surface area (Å²) in [5, 5.41) is 0. The lowest BCUT2D eigenvalue weighted by molar-refractivity contribution is 0.123. The van der Waals surface area contributed by atoms with Gasteiger partial charge < -0.3 is 4.90 Å². The van der Waals surface area contributed by atoms with Crippen molar-refractivity contribution in [2.24, 2.45) is 0 Å². The first kappa shape index (κ1) is 15.8. The van der Waals surface area contributed by atoms with Crippen LogP contribution in [0.5, 0.6) is 0 Å². The number of allylic oxidation sites excluding steroid dienone is 3. The maximum absolute atomic E-state index is 13.3. The predicted octanol–water partition coefficient (Wildman–Crippen LogP) is 4.10.